The van der Waals surface area contributed by atoms with Gasteiger partial charge in [0.2, 0.25) is 5.88 Å². The van der Waals surface area contributed by atoms with Gasteiger partial charge in [-0.15, -0.1) is 10.2 Å². The maximum Gasteiger partial charge on any atom is 0.278 e. The zero-order valence-electron chi connectivity index (χ0n) is 20.7. The molecule has 0 aliphatic carbocycles. The molecule has 0 saturated carbocycles. The van der Waals surface area contributed by atoms with Crippen molar-refractivity contribution in [2.24, 2.45) is 10.2 Å². The van der Waals surface area contributed by atoms with Crippen LogP contribution in [-0.2, 0) is 11.3 Å². The predicted molar refractivity (Wildman–Crippen MR) is 140 cm³/mol. The lowest BCUT2D eigenvalue weighted by molar-refractivity contribution is 0.0609. The van der Waals surface area contributed by atoms with E-state index in [2.05, 4.69) is 15.2 Å². The number of ether oxygens (including phenoxy) is 1. The lowest BCUT2D eigenvalue weighted by atomic mass is 9.97. The van der Waals surface area contributed by atoms with Crippen LogP contribution in [0.5, 0.6) is 5.88 Å². The molecule has 2 heterocycles. The van der Waals surface area contributed by atoms with Crippen LogP contribution in [-0.4, -0.2) is 33.9 Å². The number of pyridine rings is 1. The Morgan fingerprint density at radius 2 is 1.56 bits per heavy atom. The summed E-state index contributed by atoms with van der Waals surface area (Å²) in [4.78, 5) is 43.4. The molecular weight excluding hydrogens is 498 g/mol. The quantitative estimate of drug-likeness (QED) is 0.262. The number of carbonyl (C=O) groups is 2. The van der Waals surface area contributed by atoms with E-state index in [1.54, 1.807) is 12.1 Å². The number of nitriles is 1. The number of aromatic hydroxyl groups is 1. The summed E-state index contributed by atoms with van der Waals surface area (Å²) in [5, 5.41) is 27.6. The first kappa shape index (κ1) is 25.3. The number of nitrogens with one attached hydrogen (secondary N) is 1. The zero-order valence-corrected chi connectivity index (χ0v) is 20.7. The van der Waals surface area contributed by atoms with Crippen molar-refractivity contribution in [1.29, 1.82) is 5.26 Å². The van der Waals surface area contributed by atoms with Crippen LogP contribution in [0, 0.1) is 11.3 Å². The number of carbonyl (C=O) groups excluding carboxylic acids is 2. The van der Waals surface area contributed by atoms with Crippen molar-refractivity contribution < 1.29 is 19.4 Å². The third-order valence-corrected chi connectivity index (χ3v) is 6.34. The SMILES string of the molecule is COCc1c(C#N)c(O)[nH]c(=O)c1N=Nc1cccc2c1C(=O)N(C(c1ccccc1)c1ccccc1)C2=O. The number of methoxy groups -OCH3 is 1. The minimum absolute atomic E-state index is 0.0369. The maximum absolute atomic E-state index is 13.8. The molecule has 10 nitrogen and oxygen atoms in total. The number of amides is 2. The molecule has 1 aliphatic heterocycles. The number of hydrogen-bond acceptors (Lipinski definition) is 8. The molecule has 0 bridgehead atoms. The average Bonchev–Trinajstić information content (AvgIpc) is 3.20. The number of nitrogens with zero attached hydrogens (tertiary/aromatic N) is 4. The van der Waals surface area contributed by atoms with E-state index in [9.17, 15) is 24.8 Å². The number of imide groups is 1. The monoisotopic (exact) mass is 519 g/mol. The molecular formula is C29H21N5O5. The standard InChI is InChI=1S/C29H21N5O5/c1-39-16-21-20(15-30)26(35)31-27(36)24(21)33-32-22-14-8-13-19-23(22)29(38)34(28(19)37)25(17-9-4-2-5-10-17)18-11-6-3-7-12-18/h2-14,25H,16H2,1H3,(H2,31,35,36). The van der Waals surface area contributed by atoms with Crippen molar-refractivity contribution in [3.63, 3.8) is 0 Å². The topological polar surface area (TPSA) is 148 Å². The van der Waals surface area contributed by atoms with E-state index in [-0.39, 0.29) is 40.2 Å². The van der Waals surface area contributed by atoms with E-state index in [4.69, 9.17) is 4.74 Å². The Balaban J connectivity index is 1.61. The number of benzene rings is 3. The van der Waals surface area contributed by atoms with Gasteiger partial charge in [-0.2, -0.15) is 5.26 Å². The van der Waals surface area contributed by atoms with Crippen LogP contribution in [0.2, 0.25) is 0 Å². The first-order valence-electron chi connectivity index (χ1n) is 11.9. The van der Waals surface area contributed by atoms with Crippen molar-refractivity contribution >= 4 is 23.2 Å². The highest BCUT2D eigenvalue weighted by atomic mass is 16.5. The summed E-state index contributed by atoms with van der Waals surface area (Å²) in [6.45, 7) is -0.192. The van der Waals surface area contributed by atoms with Crippen LogP contribution in [0.1, 0.15) is 49.0 Å². The Labute approximate surface area is 222 Å². The van der Waals surface area contributed by atoms with Crippen molar-refractivity contribution in [2.45, 2.75) is 12.6 Å². The first-order chi connectivity index (χ1) is 19.0. The van der Waals surface area contributed by atoms with Gasteiger partial charge in [0.25, 0.3) is 17.4 Å². The van der Waals surface area contributed by atoms with E-state index in [0.29, 0.717) is 0 Å². The fourth-order valence-corrected chi connectivity index (χ4v) is 4.61. The molecule has 0 spiro atoms. The fourth-order valence-electron chi connectivity index (χ4n) is 4.61. The highest BCUT2D eigenvalue weighted by Gasteiger charge is 2.42. The Kier molecular flexibility index (Phi) is 6.82. The molecule has 1 aromatic heterocycles. The van der Waals surface area contributed by atoms with Gasteiger partial charge < -0.3 is 9.84 Å². The summed E-state index contributed by atoms with van der Waals surface area (Å²) >= 11 is 0. The molecule has 3 aromatic carbocycles. The van der Waals surface area contributed by atoms with Crippen LogP contribution in [0.3, 0.4) is 0 Å². The normalized spacial score (nSPS) is 12.8. The van der Waals surface area contributed by atoms with Crippen LogP contribution in [0.4, 0.5) is 11.4 Å². The van der Waals surface area contributed by atoms with Crippen molar-refractivity contribution in [1.82, 2.24) is 9.88 Å². The van der Waals surface area contributed by atoms with Crippen molar-refractivity contribution in [2.75, 3.05) is 7.11 Å². The molecule has 1 aliphatic rings. The number of azo groups is 1. The third kappa shape index (κ3) is 4.47. The molecule has 10 heteroatoms. The van der Waals surface area contributed by atoms with Gasteiger partial charge >= 0.3 is 0 Å². The Hall–Kier alpha value is -5.40. The number of fused-ring (bicyclic) bond motifs is 1. The predicted octanol–water partition coefficient (Wildman–Crippen LogP) is 4.90. The second kappa shape index (κ2) is 10.5. The highest BCUT2D eigenvalue weighted by Crippen LogP contribution is 2.39. The summed E-state index contributed by atoms with van der Waals surface area (Å²) in [6, 6.07) is 24.2. The summed E-state index contributed by atoms with van der Waals surface area (Å²) in [5.41, 5.74) is 0.550. The second-order valence-corrected chi connectivity index (χ2v) is 8.65. The molecule has 192 valence electrons. The van der Waals surface area contributed by atoms with E-state index >= 15 is 0 Å². The van der Waals surface area contributed by atoms with Gasteiger partial charge in [-0.25, -0.2) is 0 Å². The average molecular weight is 520 g/mol. The molecule has 0 radical (unpaired) electrons. The van der Waals surface area contributed by atoms with E-state index in [1.165, 1.54) is 18.1 Å². The lowest BCUT2D eigenvalue weighted by Gasteiger charge is -2.27. The van der Waals surface area contributed by atoms with Crippen LogP contribution >= 0.6 is 0 Å². The summed E-state index contributed by atoms with van der Waals surface area (Å²) < 4.78 is 5.08. The number of aromatic amines is 1. The summed E-state index contributed by atoms with van der Waals surface area (Å²) in [7, 11) is 1.36. The molecule has 2 N–H and O–H groups in total. The van der Waals surface area contributed by atoms with Gasteiger partial charge in [0.05, 0.1) is 29.5 Å². The van der Waals surface area contributed by atoms with Gasteiger partial charge in [0.1, 0.15) is 11.6 Å². The van der Waals surface area contributed by atoms with Crippen LogP contribution in [0.15, 0.2) is 93.9 Å². The number of rotatable bonds is 7. The van der Waals surface area contributed by atoms with Crippen LogP contribution in [0.25, 0.3) is 0 Å². The first-order valence-corrected chi connectivity index (χ1v) is 11.9. The Morgan fingerprint density at radius 3 is 2.15 bits per heavy atom. The lowest BCUT2D eigenvalue weighted by Crippen LogP contribution is -2.34. The zero-order chi connectivity index (χ0) is 27.5. The number of aromatic nitrogens is 1. The molecule has 0 fully saturated rings. The molecule has 5 rings (SSSR count). The van der Waals surface area contributed by atoms with Crippen LogP contribution < -0.4 is 5.56 Å². The van der Waals surface area contributed by atoms with Crippen molar-refractivity contribution in [3.8, 4) is 11.9 Å². The van der Waals surface area contributed by atoms with E-state index in [0.717, 1.165) is 11.1 Å². The van der Waals surface area contributed by atoms with Gasteiger partial charge in [0.15, 0.2) is 5.69 Å². The minimum Gasteiger partial charge on any atom is -0.494 e. The van der Waals surface area contributed by atoms with E-state index < -0.39 is 29.3 Å². The molecule has 2 amide bonds. The minimum atomic E-state index is -0.799. The van der Waals surface area contributed by atoms with Crippen molar-refractivity contribution in [3.05, 3.63) is 123 Å². The smallest absolute Gasteiger partial charge is 0.278 e. The largest absolute Gasteiger partial charge is 0.494 e. The number of H-pyrrole nitrogens is 1. The summed E-state index contributed by atoms with van der Waals surface area (Å²) in [5.74, 6) is -1.66. The molecule has 4 aromatic rings. The molecule has 0 saturated heterocycles. The molecule has 0 atom stereocenters. The van der Waals surface area contributed by atoms with Gasteiger partial charge in [-0.05, 0) is 23.3 Å². The molecule has 0 unspecified atom stereocenters. The highest BCUT2D eigenvalue weighted by molar-refractivity contribution is 6.23. The maximum atomic E-state index is 13.8. The fraction of sp³-hybridized carbons (Fsp3) is 0.103. The third-order valence-electron chi connectivity index (χ3n) is 6.34. The van der Waals surface area contributed by atoms with Gasteiger partial charge in [0, 0.05) is 12.7 Å². The Bertz CT molecular complexity index is 1670. The number of hydrogen-bond donors (Lipinski definition) is 2. The van der Waals surface area contributed by atoms with E-state index in [1.807, 2.05) is 66.7 Å². The molecule has 39 heavy (non-hydrogen) atoms. The van der Waals surface area contributed by atoms with Gasteiger partial charge in [-0.3, -0.25) is 24.3 Å². The van der Waals surface area contributed by atoms with Gasteiger partial charge in [-0.1, -0.05) is 66.7 Å². The Morgan fingerprint density at radius 1 is 0.923 bits per heavy atom. The second-order valence-electron chi connectivity index (χ2n) is 8.65. The summed E-state index contributed by atoms with van der Waals surface area (Å²) in [6.07, 6.45) is 0.